The number of thioether (sulfide) groups is 1. The van der Waals surface area contributed by atoms with E-state index in [4.69, 9.17) is 4.98 Å². The first-order chi connectivity index (χ1) is 14.7. The summed E-state index contributed by atoms with van der Waals surface area (Å²) in [6.07, 6.45) is 2.27. The number of aromatic nitrogens is 2. The molecule has 0 N–H and O–H groups in total. The summed E-state index contributed by atoms with van der Waals surface area (Å²) in [5, 5.41) is 12.5. The third-order valence-electron chi connectivity index (χ3n) is 4.71. The van der Waals surface area contributed by atoms with Crippen LogP contribution in [0.15, 0.2) is 88.6 Å². The monoisotopic (exact) mass is 429 g/mol. The van der Waals surface area contributed by atoms with Crippen molar-refractivity contribution in [2.75, 3.05) is 0 Å². The molecule has 0 aliphatic rings. The Morgan fingerprint density at radius 2 is 1.87 bits per heavy atom. The van der Waals surface area contributed by atoms with E-state index in [1.165, 1.54) is 23.1 Å². The maximum atomic E-state index is 13.4. The largest absolute Gasteiger partial charge is 0.283 e. The molecule has 4 nitrogen and oxygen atoms in total. The second kappa shape index (κ2) is 9.12. The van der Waals surface area contributed by atoms with E-state index in [0.717, 1.165) is 16.7 Å². The van der Waals surface area contributed by atoms with Crippen LogP contribution in [0.2, 0.25) is 0 Å². The van der Waals surface area contributed by atoms with Gasteiger partial charge in [0.1, 0.15) is 10.1 Å². The third kappa shape index (κ3) is 4.09. The summed E-state index contributed by atoms with van der Waals surface area (Å²) in [6, 6.07) is 22.1. The molecule has 2 aromatic heterocycles. The smallest absolute Gasteiger partial charge is 0.263 e. The molecule has 0 saturated heterocycles. The Kier molecular flexibility index (Phi) is 6.12. The van der Waals surface area contributed by atoms with Crippen LogP contribution < -0.4 is 5.56 Å². The first-order valence-corrected chi connectivity index (χ1v) is 11.3. The summed E-state index contributed by atoms with van der Waals surface area (Å²) in [5.74, 6) is 0. The van der Waals surface area contributed by atoms with Crippen LogP contribution in [0, 0.1) is 11.3 Å². The molecule has 0 aliphatic heterocycles. The molecule has 1 unspecified atom stereocenters. The lowest BCUT2D eigenvalue weighted by Gasteiger charge is -2.13. The van der Waals surface area contributed by atoms with Gasteiger partial charge in [-0.15, -0.1) is 17.9 Å². The molecule has 4 rings (SSSR count). The van der Waals surface area contributed by atoms with Gasteiger partial charge in [0.15, 0.2) is 5.16 Å². The Balaban J connectivity index is 1.76. The predicted octanol–water partition coefficient (Wildman–Crippen LogP) is 5.54. The maximum Gasteiger partial charge on any atom is 0.263 e. The number of nitriles is 1. The lowest BCUT2D eigenvalue weighted by Crippen LogP contribution is -2.23. The molecule has 0 saturated carbocycles. The number of rotatable bonds is 7. The number of fused-ring (bicyclic) bond motifs is 1. The zero-order chi connectivity index (χ0) is 20.9. The minimum absolute atomic E-state index is 0.0982. The van der Waals surface area contributed by atoms with Crippen LogP contribution in [0.3, 0.4) is 0 Å². The van der Waals surface area contributed by atoms with Gasteiger partial charge in [0.25, 0.3) is 5.56 Å². The summed E-state index contributed by atoms with van der Waals surface area (Å²) in [4.78, 5) is 18.9. The van der Waals surface area contributed by atoms with E-state index in [1.807, 2.05) is 66.0 Å². The molecule has 4 aromatic rings. The topological polar surface area (TPSA) is 58.7 Å². The summed E-state index contributed by atoms with van der Waals surface area (Å²) in [5.41, 5.74) is 2.87. The fourth-order valence-electron chi connectivity index (χ4n) is 3.29. The normalized spacial score (nSPS) is 11.8. The van der Waals surface area contributed by atoms with Crippen LogP contribution in [0.25, 0.3) is 21.3 Å². The van der Waals surface area contributed by atoms with E-state index >= 15 is 0 Å². The van der Waals surface area contributed by atoms with Gasteiger partial charge in [-0.1, -0.05) is 78.5 Å². The molecular weight excluding hydrogens is 410 g/mol. The second-order valence-corrected chi connectivity index (χ2v) is 8.75. The van der Waals surface area contributed by atoms with Crippen LogP contribution >= 0.6 is 23.1 Å². The summed E-state index contributed by atoms with van der Waals surface area (Å²) >= 11 is 2.79. The van der Waals surface area contributed by atoms with Crippen LogP contribution in [0.4, 0.5) is 0 Å². The van der Waals surface area contributed by atoms with Gasteiger partial charge in [-0.3, -0.25) is 9.36 Å². The van der Waals surface area contributed by atoms with E-state index in [9.17, 15) is 10.1 Å². The van der Waals surface area contributed by atoms with Crippen LogP contribution in [-0.4, -0.2) is 14.8 Å². The molecule has 0 aliphatic carbocycles. The zero-order valence-electron chi connectivity index (χ0n) is 16.2. The van der Waals surface area contributed by atoms with E-state index in [-0.39, 0.29) is 10.8 Å². The van der Waals surface area contributed by atoms with Crippen LogP contribution in [0.1, 0.15) is 5.56 Å². The average Bonchev–Trinajstić information content (AvgIpc) is 3.21. The number of benzene rings is 2. The quantitative estimate of drug-likeness (QED) is 0.220. The predicted molar refractivity (Wildman–Crippen MR) is 125 cm³/mol. The Hall–Kier alpha value is -3.14. The Morgan fingerprint density at radius 3 is 2.53 bits per heavy atom. The first-order valence-electron chi connectivity index (χ1n) is 9.50. The van der Waals surface area contributed by atoms with E-state index in [2.05, 4.69) is 12.6 Å². The van der Waals surface area contributed by atoms with Crippen molar-refractivity contribution >= 4 is 33.3 Å². The van der Waals surface area contributed by atoms with Crippen molar-refractivity contribution in [1.29, 1.82) is 5.26 Å². The van der Waals surface area contributed by atoms with Crippen LogP contribution in [-0.2, 0) is 13.0 Å². The lowest BCUT2D eigenvalue weighted by molar-refractivity contribution is 0.671. The van der Waals surface area contributed by atoms with Crippen molar-refractivity contribution in [2.45, 2.75) is 23.4 Å². The number of nitrogens with zero attached hydrogens (tertiary/aromatic N) is 3. The molecule has 2 heterocycles. The summed E-state index contributed by atoms with van der Waals surface area (Å²) < 4.78 is 1.62. The van der Waals surface area contributed by atoms with Crippen molar-refractivity contribution in [3.63, 3.8) is 0 Å². The van der Waals surface area contributed by atoms with Gasteiger partial charge in [0.05, 0.1) is 11.5 Å². The van der Waals surface area contributed by atoms with Crippen molar-refractivity contribution in [1.82, 2.24) is 9.55 Å². The molecule has 0 amide bonds. The van der Waals surface area contributed by atoms with Crippen molar-refractivity contribution in [2.24, 2.45) is 0 Å². The molecule has 0 radical (unpaired) electrons. The lowest BCUT2D eigenvalue weighted by atomic mass is 10.1. The first kappa shape index (κ1) is 20.1. The molecular formula is C24H19N3OS2. The SMILES string of the molecule is C=CCn1c(SC(C#N)Cc2ccccc2)nc2scc(-c3ccccc3)c2c1=O. The highest BCUT2D eigenvalue weighted by molar-refractivity contribution is 8.00. The average molecular weight is 430 g/mol. The summed E-state index contributed by atoms with van der Waals surface area (Å²) in [6.45, 7) is 4.14. The number of thiophene rings is 1. The Morgan fingerprint density at radius 1 is 1.17 bits per heavy atom. The van der Waals surface area contributed by atoms with Crippen molar-refractivity contribution < 1.29 is 0 Å². The highest BCUT2D eigenvalue weighted by atomic mass is 32.2. The highest BCUT2D eigenvalue weighted by Crippen LogP contribution is 2.33. The van der Waals surface area contributed by atoms with E-state index < -0.39 is 0 Å². The van der Waals surface area contributed by atoms with E-state index in [0.29, 0.717) is 28.3 Å². The van der Waals surface area contributed by atoms with E-state index in [1.54, 1.807) is 10.6 Å². The highest BCUT2D eigenvalue weighted by Gasteiger charge is 2.20. The molecule has 0 spiro atoms. The molecule has 1 atom stereocenters. The Labute approximate surface area is 183 Å². The third-order valence-corrected chi connectivity index (χ3v) is 6.66. The fourth-order valence-corrected chi connectivity index (χ4v) is 5.29. The van der Waals surface area contributed by atoms with Gasteiger partial charge >= 0.3 is 0 Å². The minimum Gasteiger partial charge on any atom is -0.283 e. The van der Waals surface area contributed by atoms with Crippen LogP contribution in [0.5, 0.6) is 0 Å². The van der Waals surface area contributed by atoms with Crippen molar-refractivity contribution in [3.8, 4) is 17.2 Å². The fraction of sp³-hybridized carbons (Fsp3) is 0.125. The Bertz CT molecular complexity index is 1270. The molecule has 0 fully saturated rings. The molecule has 2 aromatic carbocycles. The van der Waals surface area contributed by atoms with Gasteiger partial charge < -0.3 is 0 Å². The molecule has 30 heavy (non-hydrogen) atoms. The minimum atomic E-state index is -0.346. The van der Waals surface area contributed by atoms with Gasteiger partial charge in [-0.25, -0.2) is 4.98 Å². The van der Waals surface area contributed by atoms with Gasteiger partial charge in [0, 0.05) is 17.5 Å². The van der Waals surface area contributed by atoms with Crippen molar-refractivity contribution in [3.05, 3.63) is 94.6 Å². The zero-order valence-corrected chi connectivity index (χ0v) is 17.8. The maximum absolute atomic E-state index is 13.4. The molecule has 6 heteroatoms. The van der Waals surface area contributed by atoms with Gasteiger partial charge in [-0.05, 0) is 17.5 Å². The number of hydrogen-bond acceptors (Lipinski definition) is 5. The number of allylic oxidation sites excluding steroid dienone is 1. The van der Waals surface area contributed by atoms with Gasteiger partial charge in [0.2, 0.25) is 0 Å². The summed E-state index contributed by atoms with van der Waals surface area (Å²) in [7, 11) is 0. The molecule has 0 bridgehead atoms. The second-order valence-electron chi connectivity index (χ2n) is 6.72. The van der Waals surface area contributed by atoms with Gasteiger partial charge in [-0.2, -0.15) is 5.26 Å². The standard InChI is InChI=1S/C24H19N3OS2/c1-2-13-27-23(28)21-20(18-11-7-4-8-12-18)16-29-22(21)26-24(27)30-19(15-25)14-17-9-5-3-6-10-17/h2-12,16,19H,1,13-14H2. The number of hydrogen-bond donors (Lipinski definition) is 0. The molecule has 148 valence electrons.